The number of nitrogens with one attached hydrogen (secondary N) is 1. The molecular formula is C28H20BrClN2O4. The number of amides is 1. The summed E-state index contributed by atoms with van der Waals surface area (Å²) in [6.45, 7) is 0.318. The first-order chi connectivity index (χ1) is 17.5. The average Bonchev–Trinajstić information content (AvgIpc) is 2.89. The standard InChI is InChI=1S/C28H20BrClN2O4/c29-22-12-15-26(35-18-19-6-2-1-3-7-19)24(16-22)27(33)32-31-17-21-8-4-5-9-25(21)36-28(34)20-10-13-23(30)14-11-20/h1-17H,18H2,(H,32,33)/b31-17+. The first-order valence-corrected chi connectivity index (χ1v) is 12.0. The van der Waals surface area contributed by atoms with E-state index in [1.807, 2.05) is 30.3 Å². The van der Waals surface area contributed by atoms with Gasteiger partial charge in [-0.25, -0.2) is 10.2 Å². The molecule has 0 aliphatic rings. The topological polar surface area (TPSA) is 77.0 Å². The number of hydrogen-bond donors (Lipinski definition) is 1. The molecule has 0 radical (unpaired) electrons. The lowest BCUT2D eigenvalue weighted by Gasteiger charge is -2.11. The van der Waals surface area contributed by atoms with Crippen molar-refractivity contribution in [2.75, 3.05) is 0 Å². The fourth-order valence-corrected chi connectivity index (χ4v) is 3.67. The normalized spacial score (nSPS) is 10.7. The second kappa shape index (κ2) is 12.2. The quantitative estimate of drug-likeness (QED) is 0.112. The number of halogens is 2. The van der Waals surface area contributed by atoms with Gasteiger partial charge >= 0.3 is 5.97 Å². The summed E-state index contributed by atoms with van der Waals surface area (Å²) in [5, 5.41) is 4.58. The molecular weight excluding hydrogens is 544 g/mol. The Morgan fingerprint density at radius 1 is 0.889 bits per heavy atom. The van der Waals surface area contributed by atoms with Crippen LogP contribution in [0.5, 0.6) is 11.5 Å². The first-order valence-electron chi connectivity index (χ1n) is 10.9. The number of esters is 1. The third-order valence-corrected chi connectivity index (χ3v) is 5.74. The lowest BCUT2D eigenvalue weighted by Crippen LogP contribution is -2.19. The first kappa shape index (κ1) is 25.2. The van der Waals surface area contributed by atoms with Gasteiger partial charge in [0.05, 0.1) is 17.3 Å². The van der Waals surface area contributed by atoms with Gasteiger partial charge in [0, 0.05) is 15.1 Å². The van der Waals surface area contributed by atoms with Crippen LogP contribution in [0.25, 0.3) is 0 Å². The predicted octanol–water partition coefficient (Wildman–Crippen LogP) is 6.66. The van der Waals surface area contributed by atoms with Crippen LogP contribution in [0.3, 0.4) is 0 Å². The van der Waals surface area contributed by atoms with Gasteiger partial charge in [0.2, 0.25) is 0 Å². The third kappa shape index (κ3) is 6.81. The Labute approximate surface area is 221 Å². The summed E-state index contributed by atoms with van der Waals surface area (Å²) >= 11 is 9.27. The molecule has 1 N–H and O–H groups in total. The largest absolute Gasteiger partial charge is 0.488 e. The highest BCUT2D eigenvalue weighted by molar-refractivity contribution is 9.10. The van der Waals surface area contributed by atoms with Crippen LogP contribution in [-0.4, -0.2) is 18.1 Å². The van der Waals surface area contributed by atoms with Crippen molar-refractivity contribution in [2.24, 2.45) is 5.10 Å². The van der Waals surface area contributed by atoms with E-state index < -0.39 is 11.9 Å². The Balaban J connectivity index is 1.44. The maximum absolute atomic E-state index is 12.9. The zero-order chi connectivity index (χ0) is 25.3. The molecule has 0 fully saturated rings. The Morgan fingerprint density at radius 2 is 1.61 bits per heavy atom. The molecule has 0 bridgehead atoms. The fourth-order valence-electron chi connectivity index (χ4n) is 3.19. The van der Waals surface area contributed by atoms with Crippen LogP contribution in [0.4, 0.5) is 0 Å². The number of carbonyl (C=O) groups excluding carboxylic acids is 2. The SMILES string of the molecule is O=C(Oc1ccccc1/C=N/NC(=O)c1cc(Br)ccc1OCc1ccccc1)c1ccc(Cl)cc1. The van der Waals surface area contributed by atoms with Crippen LogP contribution in [0.2, 0.25) is 5.02 Å². The van der Waals surface area contributed by atoms with Gasteiger partial charge < -0.3 is 9.47 Å². The zero-order valence-electron chi connectivity index (χ0n) is 18.9. The number of nitrogens with zero attached hydrogens (tertiary/aromatic N) is 1. The summed E-state index contributed by atoms with van der Waals surface area (Å²) in [4.78, 5) is 25.4. The molecule has 0 heterocycles. The van der Waals surface area contributed by atoms with Gasteiger partial charge in [0.25, 0.3) is 5.91 Å². The molecule has 0 aromatic heterocycles. The van der Waals surface area contributed by atoms with E-state index in [2.05, 4.69) is 26.5 Å². The molecule has 6 nitrogen and oxygen atoms in total. The number of ether oxygens (including phenoxy) is 2. The molecule has 0 unspecified atom stereocenters. The van der Waals surface area contributed by atoms with Gasteiger partial charge in [-0.15, -0.1) is 0 Å². The highest BCUT2D eigenvalue weighted by Gasteiger charge is 2.14. The summed E-state index contributed by atoms with van der Waals surface area (Å²) in [7, 11) is 0. The summed E-state index contributed by atoms with van der Waals surface area (Å²) in [6.07, 6.45) is 1.41. The lowest BCUT2D eigenvalue weighted by molar-refractivity contribution is 0.0734. The van der Waals surface area contributed by atoms with Crippen molar-refractivity contribution in [3.8, 4) is 11.5 Å². The number of rotatable bonds is 8. The Hall–Kier alpha value is -3.94. The van der Waals surface area contributed by atoms with Gasteiger partial charge in [-0.2, -0.15) is 5.10 Å². The fraction of sp³-hybridized carbons (Fsp3) is 0.0357. The highest BCUT2D eigenvalue weighted by atomic mass is 79.9. The van der Waals surface area contributed by atoms with Crippen LogP contribution < -0.4 is 14.9 Å². The summed E-state index contributed by atoms with van der Waals surface area (Å²) in [5.41, 5.74) is 4.67. The average molecular weight is 564 g/mol. The van der Waals surface area contributed by atoms with Crippen molar-refractivity contribution in [3.63, 3.8) is 0 Å². The number of para-hydroxylation sites is 1. The second-order valence-corrected chi connectivity index (χ2v) is 8.90. The molecule has 4 rings (SSSR count). The van der Waals surface area contributed by atoms with E-state index in [0.717, 1.165) is 10.0 Å². The third-order valence-electron chi connectivity index (χ3n) is 4.99. The van der Waals surface area contributed by atoms with Crippen molar-refractivity contribution >= 4 is 45.6 Å². The number of benzene rings is 4. The summed E-state index contributed by atoms with van der Waals surface area (Å²) in [6, 6.07) is 28.1. The molecule has 36 heavy (non-hydrogen) atoms. The molecule has 8 heteroatoms. The molecule has 0 aliphatic heterocycles. The minimum Gasteiger partial charge on any atom is -0.488 e. The molecule has 0 aliphatic carbocycles. The second-order valence-electron chi connectivity index (χ2n) is 7.55. The molecule has 0 atom stereocenters. The van der Waals surface area contributed by atoms with E-state index in [0.29, 0.717) is 39.8 Å². The van der Waals surface area contributed by atoms with Crippen molar-refractivity contribution in [2.45, 2.75) is 6.61 Å². The molecule has 4 aromatic carbocycles. The molecule has 0 saturated heterocycles. The highest BCUT2D eigenvalue weighted by Crippen LogP contribution is 2.24. The minimum atomic E-state index is -0.536. The predicted molar refractivity (Wildman–Crippen MR) is 143 cm³/mol. The van der Waals surface area contributed by atoms with E-state index in [1.165, 1.54) is 6.21 Å². The van der Waals surface area contributed by atoms with Gasteiger partial charge in [-0.05, 0) is 60.2 Å². The summed E-state index contributed by atoms with van der Waals surface area (Å²) in [5.74, 6) is -0.269. The van der Waals surface area contributed by atoms with Crippen LogP contribution >= 0.6 is 27.5 Å². The van der Waals surface area contributed by atoms with E-state index in [-0.39, 0.29) is 0 Å². The van der Waals surface area contributed by atoms with Crippen molar-refractivity contribution in [3.05, 3.63) is 129 Å². The van der Waals surface area contributed by atoms with Gasteiger partial charge in [0.15, 0.2) is 0 Å². The smallest absolute Gasteiger partial charge is 0.343 e. The van der Waals surface area contributed by atoms with Crippen LogP contribution in [0.15, 0.2) is 107 Å². The number of carbonyl (C=O) groups is 2. The van der Waals surface area contributed by atoms with Crippen molar-refractivity contribution < 1.29 is 19.1 Å². The van der Waals surface area contributed by atoms with Gasteiger partial charge in [0.1, 0.15) is 18.1 Å². The molecule has 4 aromatic rings. The van der Waals surface area contributed by atoms with Crippen LogP contribution in [0.1, 0.15) is 31.8 Å². The molecule has 0 spiro atoms. The Kier molecular flexibility index (Phi) is 8.49. The van der Waals surface area contributed by atoms with Crippen molar-refractivity contribution in [1.29, 1.82) is 0 Å². The minimum absolute atomic E-state index is 0.296. The zero-order valence-corrected chi connectivity index (χ0v) is 21.2. The van der Waals surface area contributed by atoms with E-state index in [9.17, 15) is 9.59 Å². The maximum Gasteiger partial charge on any atom is 0.343 e. The van der Waals surface area contributed by atoms with Crippen LogP contribution in [0, 0.1) is 0 Å². The van der Waals surface area contributed by atoms with Gasteiger partial charge in [-0.3, -0.25) is 4.79 Å². The lowest BCUT2D eigenvalue weighted by atomic mass is 10.2. The molecule has 180 valence electrons. The number of hydrogen-bond acceptors (Lipinski definition) is 5. The monoisotopic (exact) mass is 562 g/mol. The van der Waals surface area contributed by atoms with E-state index in [1.54, 1.807) is 66.7 Å². The summed E-state index contributed by atoms with van der Waals surface area (Å²) < 4.78 is 12.1. The van der Waals surface area contributed by atoms with E-state index in [4.69, 9.17) is 21.1 Å². The van der Waals surface area contributed by atoms with Crippen molar-refractivity contribution in [1.82, 2.24) is 5.43 Å². The molecule has 1 amide bonds. The Morgan fingerprint density at radius 3 is 2.39 bits per heavy atom. The van der Waals surface area contributed by atoms with Crippen LogP contribution in [-0.2, 0) is 6.61 Å². The van der Waals surface area contributed by atoms with Gasteiger partial charge in [-0.1, -0.05) is 70.0 Å². The maximum atomic E-state index is 12.9. The number of hydrazone groups is 1. The van der Waals surface area contributed by atoms with E-state index >= 15 is 0 Å². The molecule has 0 saturated carbocycles. The Bertz CT molecular complexity index is 1390.